The van der Waals surface area contributed by atoms with Crippen LogP contribution >= 0.6 is 15.9 Å². The summed E-state index contributed by atoms with van der Waals surface area (Å²) in [6.45, 7) is 0.319. The summed E-state index contributed by atoms with van der Waals surface area (Å²) in [7, 11) is 3.37. The minimum Gasteiger partial charge on any atom is -0.366 e. The summed E-state index contributed by atoms with van der Waals surface area (Å²) in [4.78, 5) is 17.4. The maximum absolute atomic E-state index is 13.6. The van der Waals surface area contributed by atoms with E-state index < -0.39 is 0 Å². The highest BCUT2D eigenvalue weighted by molar-refractivity contribution is 9.10. The molecule has 0 saturated heterocycles. The molecule has 0 aliphatic carbocycles. The van der Waals surface area contributed by atoms with Gasteiger partial charge in [-0.25, -0.2) is 9.37 Å². The predicted molar refractivity (Wildman–Crippen MR) is 83.7 cm³/mol. The zero-order chi connectivity index (χ0) is 15.4. The van der Waals surface area contributed by atoms with Crippen molar-refractivity contribution in [3.8, 4) is 0 Å². The van der Waals surface area contributed by atoms with Crippen molar-refractivity contribution in [2.75, 3.05) is 19.4 Å². The Kier molecular flexibility index (Phi) is 4.90. The number of aromatic nitrogens is 1. The summed E-state index contributed by atoms with van der Waals surface area (Å²) >= 11 is 3.31. The highest BCUT2D eigenvalue weighted by atomic mass is 79.9. The highest BCUT2D eigenvalue weighted by Crippen LogP contribution is 2.17. The maximum atomic E-state index is 13.6. The first kappa shape index (κ1) is 15.4. The molecule has 0 radical (unpaired) electrons. The number of carbonyl (C=O) groups excluding carboxylic acids is 1. The number of carbonyl (C=O) groups is 1. The summed E-state index contributed by atoms with van der Waals surface area (Å²) in [6, 6.07) is 8.17. The number of nitrogens with zero attached hydrogens (tertiary/aromatic N) is 2. The number of pyridine rings is 1. The average molecular weight is 352 g/mol. The second-order valence-electron chi connectivity index (χ2n) is 4.72. The molecule has 0 atom stereocenters. The van der Waals surface area contributed by atoms with Crippen LogP contribution < -0.4 is 5.32 Å². The Balaban J connectivity index is 2.04. The fourth-order valence-electron chi connectivity index (χ4n) is 1.75. The molecule has 0 unspecified atom stereocenters. The lowest BCUT2D eigenvalue weighted by atomic mass is 10.2. The van der Waals surface area contributed by atoms with Gasteiger partial charge in [0.2, 0.25) is 0 Å². The van der Waals surface area contributed by atoms with Crippen LogP contribution in [0, 0.1) is 5.82 Å². The average Bonchev–Trinajstić information content (AvgIpc) is 2.48. The number of hydrogen-bond acceptors (Lipinski definition) is 3. The minimum atomic E-state index is -0.273. The van der Waals surface area contributed by atoms with Gasteiger partial charge in [0.25, 0.3) is 5.91 Å². The zero-order valence-electron chi connectivity index (χ0n) is 11.7. The molecule has 1 heterocycles. The van der Waals surface area contributed by atoms with Gasteiger partial charge in [-0.15, -0.1) is 0 Å². The second-order valence-corrected chi connectivity index (χ2v) is 5.64. The number of anilines is 1. The van der Waals surface area contributed by atoms with Gasteiger partial charge in [0, 0.05) is 36.9 Å². The summed E-state index contributed by atoms with van der Waals surface area (Å²) < 4.78 is 14.4. The molecule has 0 saturated carbocycles. The third-order valence-electron chi connectivity index (χ3n) is 2.88. The quantitative estimate of drug-likeness (QED) is 0.919. The molecule has 110 valence electrons. The fourth-order valence-corrected chi connectivity index (χ4v) is 2.16. The van der Waals surface area contributed by atoms with Crippen LogP contribution in [-0.2, 0) is 6.54 Å². The van der Waals surface area contributed by atoms with E-state index in [1.165, 1.54) is 17.2 Å². The summed E-state index contributed by atoms with van der Waals surface area (Å²) in [5.41, 5.74) is 1.05. The van der Waals surface area contributed by atoms with Crippen molar-refractivity contribution in [1.82, 2.24) is 9.88 Å². The first-order valence-corrected chi connectivity index (χ1v) is 7.12. The number of nitrogens with one attached hydrogen (secondary N) is 1. The number of rotatable bonds is 4. The lowest BCUT2D eigenvalue weighted by molar-refractivity contribution is 0.0827. The Hall–Kier alpha value is -1.95. The van der Waals surface area contributed by atoms with Gasteiger partial charge in [-0.2, -0.15) is 0 Å². The standard InChI is InChI=1S/C15H15BrFN3O/c1-20(2)15(21)10-3-6-14(18-8-10)19-9-11-7-12(16)4-5-13(11)17/h3-8H,9H2,1-2H3,(H,18,19). The molecule has 1 aromatic carbocycles. The van der Waals surface area contributed by atoms with Gasteiger partial charge in [0.05, 0.1) is 5.56 Å². The van der Waals surface area contributed by atoms with Crippen LogP contribution in [0.1, 0.15) is 15.9 Å². The van der Waals surface area contributed by atoms with Gasteiger partial charge in [-0.1, -0.05) is 15.9 Å². The van der Waals surface area contributed by atoms with E-state index in [1.54, 1.807) is 38.4 Å². The third kappa shape index (κ3) is 4.01. The molecule has 6 heteroatoms. The SMILES string of the molecule is CN(C)C(=O)c1ccc(NCc2cc(Br)ccc2F)nc1. The molecular formula is C15H15BrFN3O. The predicted octanol–water partition coefficient (Wildman–Crippen LogP) is 3.30. The van der Waals surface area contributed by atoms with Crippen molar-refractivity contribution in [1.29, 1.82) is 0 Å². The van der Waals surface area contributed by atoms with Crippen molar-refractivity contribution in [2.45, 2.75) is 6.54 Å². The molecule has 0 fully saturated rings. The Bertz CT molecular complexity index is 644. The van der Waals surface area contributed by atoms with Crippen LogP contribution in [0.25, 0.3) is 0 Å². The molecular weight excluding hydrogens is 337 g/mol. The van der Waals surface area contributed by atoms with E-state index in [2.05, 4.69) is 26.2 Å². The number of amides is 1. The molecule has 0 bridgehead atoms. The molecule has 0 aliphatic heterocycles. The maximum Gasteiger partial charge on any atom is 0.254 e. The van der Waals surface area contributed by atoms with Gasteiger partial charge in [-0.3, -0.25) is 4.79 Å². The first-order chi connectivity index (χ1) is 9.97. The smallest absolute Gasteiger partial charge is 0.254 e. The van der Waals surface area contributed by atoms with Crippen LogP contribution in [0.2, 0.25) is 0 Å². The van der Waals surface area contributed by atoms with Crippen molar-refractivity contribution >= 4 is 27.7 Å². The molecule has 21 heavy (non-hydrogen) atoms. The van der Waals surface area contributed by atoms with Gasteiger partial charge in [0.1, 0.15) is 11.6 Å². The molecule has 1 aromatic heterocycles. The van der Waals surface area contributed by atoms with Crippen LogP contribution in [0.15, 0.2) is 41.0 Å². The molecule has 0 aliphatic rings. The van der Waals surface area contributed by atoms with Gasteiger partial charge in [0.15, 0.2) is 0 Å². The Morgan fingerprint density at radius 1 is 1.33 bits per heavy atom. The van der Waals surface area contributed by atoms with E-state index in [4.69, 9.17) is 0 Å². The minimum absolute atomic E-state index is 0.105. The number of halogens is 2. The topological polar surface area (TPSA) is 45.2 Å². The normalized spacial score (nSPS) is 10.3. The van der Waals surface area contributed by atoms with Crippen molar-refractivity contribution in [2.24, 2.45) is 0 Å². The van der Waals surface area contributed by atoms with Gasteiger partial charge < -0.3 is 10.2 Å². The summed E-state index contributed by atoms with van der Waals surface area (Å²) in [5, 5.41) is 3.03. The van der Waals surface area contributed by atoms with E-state index in [1.807, 2.05) is 0 Å². The molecule has 1 N–H and O–H groups in total. The van der Waals surface area contributed by atoms with Crippen LogP contribution in [0.5, 0.6) is 0 Å². The largest absolute Gasteiger partial charge is 0.366 e. The van der Waals surface area contributed by atoms with E-state index >= 15 is 0 Å². The van der Waals surface area contributed by atoms with Gasteiger partial charge in [-0.05, 0) is 30.3 Å². The Morgan fingerprint density at radius 2 is 2.10 bits per heavy atom. The number of benzene rings is 1. The van der Waals surface area contributed by atoms with Crippen LogP contribution in [0.4, 0.5) is 10.2 Å². The van der Waals surface area contributed by atoms with Crippen LogP contribution in [-0.4, -0.2) is 29.9 Å². The molecule has 2 aromatic rings. The molecule has 2 rings (SSSR count). The molecule has 4 nitrogen and oxygen atoms in total. The highest BCUT2D eigenvalue weighted by Gasteiger charge is 2.08. The first-order valence-electron chi connectivity index (χ1n) is 6.33. The third-order valence-corrected chi connectivity index (χ3v) is 3.38. The number of hydrogen-bond donors (Lipinski definition) is 1. The molecule has 0 spiro atoms. The van der Waals surface area contributed by atoms with E-state index in [0.29, 0.717) is 23.5 Å². The monoisotopic (exact) mass is 351 g/mol. The fraction of sp³-hybridized carbons (Fsp3) is 0.200. The van der Waals surface area contributed by atoms with E-state index in [9.17, 15) is 9.18 Å². The van der Waals surface area contributed by atoms with Crippen molar-refractivity contribution in [3.63, 3.8) is 0 Å². The Labute approximate surface area is 131 Å². The van der Waals surface area contributed by atoms with Crippen molar-refractivity contribution in [3.05, 3.63) is 57.9 Å². The second kappa shape index (κ2) is 6.67. The molecule has 1 amide bonds. The van der Waals surface area contributed by atoms with Crippen molar-refractivity contribution < 1.29 is 9.18 Å². The lowest BCUT2D eigenvalue weighted by Gasteiger charge is -2.11. The van der Waals surface area contributed by atoms with E-state index in [-0.39, 0.29) is 11.7 Å². The zero-order valence-corrected chi connectivity index (χ0v) is 13.3. The summed E-state index contributed by atoms with van der Waals surface area (Å²) in [5.74, 6) is 0.210. The van der Waals surface area contributed by atoms with E-state index in [0.717, 1.165) is 4.47 Å². The lowest BCUT2D eigenvalue weighted by Crippen LogP contribution is -2.21. The van der Waals surface area contributed by atoms with Gasteiger partial charge >= 0.3 is 0 Å². The van der Waals surface area contributed by atoms with Crippen LogP contribution in [0.3, 0.4) is 0 Å². The summed E-state index contributed by atoms with van der Waals surface area (Å²) in [6.07, 6.45) is 1.50. The Morgan fingerprint density at radius 3 is 2.71 bits per heavy atom.